The Kier molecular flexibility index (Phi) is 8.88. The monoisotopic (exact) mass is 619 g/mol. The van der Waals surface area contributed by atoms with E-state index in [9.17, 15) is 22.8 Å². The van der Waals surface area contributed by atoms with Crippen LogP contribution < -0.4 is 10.2 Å². The summed E-state index contributed by atoms with van der Waals surface area (Å²) in [7, 11) is 4.17. The molecular weight excluding hydrogens is 579 g/mol. The van der Waals surface area contributed by atoms with Crippen molar-refractivity contribution in [3.63, 3.8) is 0 Å². The number of halogens is 3. The van der Waals surface area contributed by atoms with Gasteiger partial charge in [0.2, 0.25) is 5.91 Å². The van der Waals surface area contributed by atoms with Crippen LogP contribution in [0.5, 0.6) is 0 Å². The summed E-state index contributed by atoms with van der Waals surface area (Å²) < 4.78 is 40.6. The van der Waals surface area contributed by atoms with Crippen molar-refractivity contribution in [2.45, 2.75) is 31.0 Å². The largest absolute Gasteiger partial charge is 0.416 e. The fourth-order valence-corrected chi connectivity index (χ4v) is 6.90. The van der Waals surface area contributed by atoms with Gasteiger partial charge in [0, 0.05) is 49.7 Å². The number of fused-ring (bicyclic) bond motifs is 1. The number of piperidine rings is 1. The maximum Gasteiger partial charge on any atom is 0.416 e. The van der Waals surface area contributed by atoms with Crippen molar-refractivity contribution in [3.05, 3.63) is 95.1 Å². The third kappa shape index (κ3) is 6.72. The summed E-state index contributed by atoms with van der Waals surface area (Å²) in [5.74, 6) is -1.11. The molecule has 2 fully saturated rings. The highest BCUT2D eigenvalue weighted by Crippen LogP contribution is 2.45. The molecule has 2 amide bonds. The van der Waals surface area contributed by atoms with Crippen molar-refractivity contribution in [2.75, 3.05) is 70.1 Å². The molecule has 0 saturated carbocycles. The van der Waals surface area contributed by atoms with Crippen LogP contribution in [0.4, 0.5) is 24.5 Å². The normalized spacial score (nSPS) is 21.9. The van der Waals surface area contributed by atoms with Crippen LogP contribution in [0.3, 0.4) is 0 Å². The van der Waals surface area contributed by atoms with Gasteiger partial charge < -0.3 is 24.9 Å². The van der Waals surface area contributed by atoms with Gasteiger partial charge in [0.1, 0.15) is 0 Å². The summed E-state index contributed by atoms with van der Waals surface area (Å²) in [6.07, 6.45) is -2.69. The number of piperazine rings is 1. The number of nitrogens with one attached hydrogen (secondary N) is 1. The zero-order valence-electron chi connectivity index (χ0n) is 25.8. The first kappa shape index (κ1) is 31.1. The zero-order chi connectivity index (χ0) is 31.7. The molecule has 0 radical (unpaired) electrons. The van der Waals surface area contributed by atoms with E-state index in [1.54, 1.807) is 29.2 Å². The topological polar surface area (TPSA) is 59.1 Å². The van der Waals surface area contributed by atoms with Gasteiger partial charge in [0.05, 0.1) is 17.5 Å². The first-order chi connectivity index (χ1) is 21.6. The quantitative estimate of drug-likeness (QED) is 0.383. The summed E-state index contributed by atoms with van der Waals surface area (Å²) >= 11 is 0. The van der Waals surface area contributed by atoms with Crippen LogP contribution in [0.2, 0.25) is 0 Å². The third-order valence-electron chi connectivity index (χ3n) is 9.58. The molecule has 3 aromatic carbocycles. The Morgan fingerprint density at radius 2 is 1.51 bits per heavy atom. The van der Waals surface area contributed by atoms with Crippen molar-refractivity contribution < 1.29 is 22.8 Å². The average Bonchev–Trinajstić information content (AvgIpc) is 3.03. The molecule has 45 heavy (non-hydrogen) atoms. The van der Waals surface area contributed by atoms with E-state index in [4.69, 9.17) is 0 Å². The van der Waals surface area contributed by atoms with Crippen LogP contribution >= 0.6 is 0 Å². The number of carbonyl (C=O) groups is 2. The van der Waals surface area contributed by atoms with Crippen molar-refractivity contribution in [1.29, 1.82) is 0 Å². The number of anilines is 2. The summed E-state index contributed by atoms with van der Waals surface area (Å²) in [6, 6.07) is 19.1. The summed E-state index contributed by atoms with van der Waals surface area (Å²) in [4.78, 5) is 37.1. The van der Waals surface area contributed by atoms with E-state index in [1.807, 2.05) is 24.3 Å². The van der Waals surface area contributed by atoms with Crippen molar-refractivity contribution in [2.24, 2.45) is 5.92 Å². The number of carbonyl (C=O) groups excluding carboxylic acids is 2. The fraction of sp³-hybridized carbons (Fsp3) is 0.429. The van der Waals surface area contributed by atoms with Crippen LogP contribution in [0.1, 0.15) is 51.8 Å². The number of amides is 2. The Balaban J connectivity index is 1.37. The lowest BCUT2D eigenvalue weighted by Gasteiger charge is -2.44. The lowest BCUT2D eigenvalue weighted by molar-refractivity contribution is -0.137. The van der Waals surface area contributed by atoms with E-state index in [0.717, 1.165) is 69.9 Å². The number of likely N-dealkylation sites (N-methyl/N-ethyl adjacent to an activating group) is 1. The summed E-state index contributed by atoms with van der Waals surface area (Å²) in [5, 5.41) is 3.12. The SMILES string of the molecule is CN1CCC(CN2C(=O)c3ccccc3[C@@H](C(=O)Nc3cccc(N4CCN(C)CC4)c3)[C@H]2c2ccc(C(F)(F)F)cc2)CC1. The van der Waals surface area contributed by atoms with E-state index >= 15 is 0 Å². The van der Waals surface area contributed by atoms with Crippen LogP contribution in [0, 0.1) is 5.92 Å². The molecule has 0 unspecified atom stereocenters. The second kappa shape index (κ2) is 12.8. The second-order valence-corrected chi connectivity index (χ2v) is 12.7. The highest BCUT2D eigenvalue weighted by molar-refractivity contribution is 6.04. The molecule has 6 rings (SSSR count). The lowest BCUT2D eigenvalue weighted by Crippen LogP contribution is -2.48. The smallest absolute Gasteiger partial charge is 0.369 e. The van der Waals surface area contributed by atoms with Crippen molar-refractivity contribution in [1.82, 2.24) is 14.7 Å². The lowest BCUT2D eigenvalue weighted by atomic mass is 9.78. The molecule has 1 N–H and O–H groups in total. The summed E-state index contributed by atoms with van der Waals surface area (Å²) in [5.41, 5.74) is 2.43. The molecule has 0 bridgehead atoms. The van der Waals surface area contributed by atoms with E-state index in [-0.39, 0.29) is 17.7 Å². The minimum atomic E-state index is -4.49. The number of hydrogen-bond donors (Lipinski definition) is 1. The Labute approximate surface area is 262 Å². The second-order valence-electron chi connectivity index (χ2n) is 12.7. The van der Waals surface area contributed by atoms with E-state index in [2.05, 4.69) is 34.1 Å². The van der Waals surface area contributed by atoms with Gasteiger partial charge in [0.25, 0.3) is 5.91 Å². The molecule has 238 valence electrons. The predicted molar refractivity (Wildman–Crippen MR) is 169 cm³/mol. The number of likely N-dealkylation sites (tertiary alicyclic amines) is 1. The van der Waals surface area contributed by atoms with E-state index in [0.29, 0.717) is 28.9 Å². The number of benzene rings is 3. The van der Waals surface area contributed by atoms with Gasteiger partial charge in [-0.25, -0.2) is 0 Å². The Hall–Kier alpha value is -3.89. The van der Waals surface area contributed by atoms with E-state index < -0.39 is 23.7 Å². The van der Waals surface area contributed by atoms with Crippen LogP contribution in [0.25, 0.3) is 0 Å². The minimum absolute atomic E-state index is 0.199. The van der Waals surface area contributed by atoms with Crippen molar-refractivity contribution in [3.8, 4) is 0 Å². The molecule has 0 aliphatic carbocycles. The molecule has 0 spiro atoms. The highest BCUT2D eigenvalue weighted by atomic mass is 19.4. The molecule has 0 aromatic heterocycles. The van der Waals surface area contributed by atoms with Crippen LogP contribution in [-0.4, -0.2) is 86.4 Å². The molecule has 7 nitrogen and oxygen atoms in total. The average molecular weight is 620 g/mol. The first-order valence-corrected chi connectivity index (χ1v) is 15.7. The summed E-state index contributed by atoms with van der Waals surface area (Å²) in [6.45, 7) is 5.90. The standard InChI is InChI=1S/C35H40F3N5O2/c1-40-16-14-24(15-17-40)23-43-32(25-10-12-26(13-11-25)35(36,37)38)31(29-8-3-4-9-30(29)34(43)45)33(44)39-27-6-5-7-28(22-27)42-20-18-41(2)19-21-42/h3-13,22,24,31-32H,14-21,23H2,1-2H3,(H,39,44)/t31-,32-/m1/s1. The Morgan fingerprint density at radius 1 is 0.844 bits per heavy atom. The van der Waals surface area contributed by atoms with Gasteiger partial charge in [-0.2, -0.15) is 13.2 Å². The van der Waals surface area contributed by atoms with Gasteiger partial charge in [-0.1, -0.05) is 36.4 Å². The number of nitrogens with zero attached hydrogens (tertiary/aromatic N) is 4. The van der Waals surface area contributed by atoms with Crippen molar-refractivity contribution >= 4 is 23.2 Å². The molecule has 3 heterocycles. The highest BCUT2D eigenvalue weighted by Gasteiger charge is 2.45. The predicted octanol–water partition coefficient (Wildman–Crippen LogP) is 5.72. The van der Waals surface area contributed by atoms with Crippen LogP contribution in [0.15, 0.2) is 72.8 Å². The molecule has 3 aliphatic heterocycles. The molecule has 2 saturated heterocycles. The number of hydrogen-bond acceptors (Lipinski definition) is 5. The fourth-order valence-electron chi connectivity index (χ4n) is 6.90. The van der Waals surface area contributed by atoms with Gasteiger partial charge in [-0.15, -0.1) is 0 Å². The minimum Gasteiger partial charge on any atom is -0.369 e. The molecule has 2 atom stereocenters. The zero-order valence-corrected chi connectivity index (χ0v) is 25.8. The van der Waals surface area contributed by atoms with Crippen LogP contribution in [-0.2, 0) is 11.0 Å². The molecule has 10 heteroatoms. The third-order valence-corrected chi connectivity index (χ3v) is 9.58. The van der Waals surface area contributed by atoms with Gasteiger partial charge in [-0.05, 0) is 93.5 Å². The Morgan fingerprint density at radius 3 is 2.20 bits per heavy atom. The van der Waals surface area contributed by atoms with Gasteiger partial charge in [-0.3, -0.25) is 9.59 Å². The van der Waals surface area contributed by atoms with E-state index in [1.165, 1.54) is 12.1 Å². The number of rotatable bonds is 6. The maximum absolute atomic E-state index is 14.4. The first-order valence-electron chi connectivity index (χ1n) is 15.7. The Bertz CT molecular complexity index is 1510. The maximum atomic E-state index is 14.4. The number of alkyl halides is 3. The van der Waals surface area contributed by atoms with Gasteiger partial charge in [0.15, 0.2) is 0 Å². The molecular formula is C35H40F3N5O2. The molecule has 3 aromatic rings. The molecule has 3 aliphatic rings. The van der Waals surface area contributed by atoms with Gasteiger partial charge >= 0.3 is 6.18 Å².